The van der Waals surface area contributed by atoms with Crippen LogP contribution in [0.3, 0.4) is 0 Å². The summed E-state index contributed by atoms with van der Waals surface area (Å²) >= 11 is 0. The second kappa shape index (κ2) is 11.7. The van der Waals surface area contributed by atoms with E-state index in [0.29, 0.717) is 30.5 Å². The maximum absolute atomic E-state index is 14.3. The Kier molecular flexibility index (Phi) is 9.35. The number of carbonyl (C=O) groups excluding carboxylic acids is 1. The molecule has 0 N–H and O–H groups in total. The molecule has 3 nitrogen and oxygen atoms in total. The average molecular weight is 521 g/mol. The Bertz CT molecular complexity index is 1070. The summed E-state index contributed by atoms with van der Waals surface area (Å²) in [5.74, 6) is -1.47. The molecule has 0 amide bonds. The summed E-state index contributed by atoms with van der Waals surface area (Å²) in [5, 5.41) is 0. The molecule has 2 fully saturated rings. The van der Waals surface area contributed by atoms with Gasteiger partial charge in [-0.2, -0.15) is 8.78 Å². The van der Waals surface area contributed by atoms with Crippen molar-refractivity contribution in [2.75, 3.05) is 0 Å². The molecule has 200 valence electrons. The summed E-state index contributed by atoms with van der Waals surface area (Å²) < 4.78 is 54.3. The standard InChI is InChI=1S/C30H42F2O3S/c1-5-17-30(31,32)25-13-10-14-26(20-25)36(34,35)29(3,4)21-23-18-22(19-23)11-9-16-28(33)27-15-8-7-12-24(27)6-2/h5,9-11,13-14,17,20,22-24,27H,6-8,12,15-16,18-19,21H2,1-4H3/b11-9+,17-5?. The number of carbonyl (C=O) groups is 1. The van der Waals surface area contributed by atoms with Gasteiger partial charge in [-0.15, -0.1) is 0 Å². The fraction of sp³-hybridized carbons (Fsp3) is 0.633. The zero-order chi connectivity index (χ0) is 26.6. The van der Waals surface area contributed by atoms with E-state index < -0.39 is 20.5 Å². The summed E-state index contributed by atoms with van der Waals surface area (Å²) in [6.07, 6.45) is 14.6. The largest absolute Gasteiger partial charge is 0.299 e. The monoisotopic (exact) mass is 520 g/mol. The number of sulfone groups is 1. The molecule has 1 aromatic carbocycles. The first kappa shape index (κ1) is 28.7. The van der Waals surface area contributed by atoms with Crippen LogP contribution < -0.4 is 0 Å². The predicted octanol–water partition coefficient (Wildman–Crippen LogP) is 8.05. The Hall–Kier alpha value is -1.82. The number of rotatable bonds is 11. The Labute approximate surface area is 216 Å². The van der Waals surface area contributed by atoms with E-state index in [-0.39, 0.29) is 22.3 Å². The van der Waals surface area contributed by atoms with E-state index in [1.54, 1.807) is 13.8 Å². The van der Waals surface area contributed by atoms with E-state index >= 15 is 0 Å². The molecular formula is C30H42F2O3S. The first-order chi connectivity index (χ1) is 16.9. The van der Waals surface area contributed by atoms with Gasteiger partial charge in [0.05, 0.1) is 9.64 Å². The third-order valence-electron chi connectivity index (χ3n) is 8.26. The highest BCUT2D eigenvalue weighted by Crippen LogP contribution is 2.43. The van der Waals surface area contributed by atoms with Crippen LogP contribution in [0.25, 0.3) is 0 Å². The van der Waals surface area contributed by atoms with E-state index in [1.165, 1.54) is 44.0 Å². The minimum atomic E-state index is -3.79. The van der Waals surface area contributed by atoms with Crippen LogP contribution in [0.2, 0.25) is 0 Å². The third kappa shape index (κ3) is 6.54. The summed E-state index contributed by atoms with van der Waals surface area (Å²) in [6, 6.07) is 5.16. The van der Waals surface area contributed by atoms with Gasteiger partial charge in [0.2, 0.25) is 0 Å². The van der Waals surface area contributed by atoms with Crippen molar-refractivity contribution in [2.24, 2.45) is 23.7 Å². The molecule has 2 aliphatic carbocycles. The topological polar surface area (TPSA) is 51.2 Å². The number of benzene rings is 1. The number of hydrogen-bond donors (Lipinski definition) is 0. The van der Waals surface area contributed by atoms with Crippen LogP contribution >= 0.6 is 0 Å². The van der Waals surface area contributed by atoms with Crippen LogP contribution in [0.15, 0.2) is 53.5 Å². The Morgan fingerprint density at radius 1 is 1.14 bits per heavy atom. The molecule has 0 radical (unpaired) electrons. The fourth-order valence-electron chi connectivity index (χ4n) is 6.06. The van der Waals surface area contributed by atoms with Crippen molar-refractivity contribution in [3.63, 3.8) is 0 Å². The molecule has 0 spiro atoms. The number of alkyl halides is 2. The normalized spacial score (nSPS) is 25.8. The molecule has 2 saturated carbocycles. The summed E-state index contributed by atoms with van der Waals surface area (Å²) in [5.41, 5.74) is -0.320. The first-order valence-electron chi connectivity index (χ1n) is 13.5. The van der Waals surface area contributed by atoms with E-state index in [9.17, 15) is 22.0 Å². The number of hydrogen-bond acceptors (Lipinski definition) is 3. The predicted molar refractivity (Wildman–Crippen MR) is 142 cm³/mol. The molecule has 2 atom stereocenters. The van der Waals surface area contributed by atoms with Gasteiger partial charge in [0.15, 0.2) is 9.84 Å². The van der Waals surface area contributed by atoms with Gasteiger partial charge in [0, 0.05) is 17.9 Å². The molecule has 6 heteroatoms. The van der Waals surface area contributed by atoms with Crippen molar-refractivity contribution >= 4 is 15.6 Å². The molecule has 0 aliphatic heterocycles. The zero-order valence-corrected chi connectivity index (χ0v) is 23.0. The molecule has 0 aromatic heterocycles. The molecule has 2 aliphatic rings. The molecule has 0 bridgehead atoms. The molecule has 0 heterocycles. The van der Waals surface area contributed by atoms with Gasteiger partial charge in [0.1, 0.15) is 5.78 Å². The zero-order valence-electron chi connectivity index (χ0n) is 22.2. The van der Waals surface area contributed by atoms with Crippen LogP contribution in [0.4, 0.5) is 8.78 Å². The average Bonchev–Trinajstić information content (AvgIpc) is 2.82. The highest BCUT2D eigenvalue weighted by atomic mass is 32.2. The van der Waals surface area contributed by atoms with E-state index in [4.69, 9.17) is 0 Å². The number of Topliss-reactive ketones (excluding diaryl/α,β-unsaturated/α-hetero) is 1. The highest BCUT2D eigenvalue weighted by molar-refractivity contribution is 7.92. The lowest BCUT2D eigenvalue weighted by molar-refractivity contribution is -0.124. The lowest BCUT2D eigenvalue weighted by atomic mass is 9.71. The quantitative estimate of drug-likeness (QED) is 0.277. The second-order valence-corrected chi connectivity index (χ2v) is 14.0. The van der Waals surface area contributed by atoms with E-state index in [1.807, 2.05) is 6.08 Å². The lowest BCUT2D eigenvalue weighted by Crippen LogP contribution is -2.37. The van der Waals surface area contributed by atoms with Gasteiger partial charge in [0.25, 0.3) is 5.92 Å². The molecule has 3 rings (SSSR count). The van der Waals surface area contributed by atoms with Crippen LogP contribution in [-0.4, -0.2) is 18.9 Å². The molecule has 0 saturated heterocycles. The minimum Gasteiger partial charge on any atom is -0.299 e. The maximum Gasteiger partial charge on any atom is 0.291 e. The minimum absolute atomic E-state index is 0.0587. The smallest absolute Gasteiger partial charge is 0.291 e. The molecular weight excluding hydrogens is 478 g/mol. The van der Waals surface area contributed by atoms with Crippen molar-refractivity contribution in [3.8, 4) is 0 Å². The van der Waals surface area contributed by atoms with Crippen LogP contribution in [0.5, 0.6) is 0 Å². The summed E-state index contributed by atoms with van der Waals surface area (Å²) in [7, 11) is -3.79. The second-order valence-electron chi connectivity index (χ2n) is 11.4. The van der Waals surface area contributed by atoms with Crippen LogP contribution in [0, 0.1) is 23.7 Å². The number of halogens is 2. The third-order valence-corrected chi connectivity index (χ3v) is 10.8. The van der Waals surface area contributed by atoms with Gasteiger partial charge in [-0.05, 0) is 88.8 Å². The SMILES string of the molecule is CC=CC(F)(F)c1cccc(S(=O)(=O)C(C)(C)CC2CC(/C=C/CC(=O)C3CCCCC3CC)C2)c1. The highest BCUT2D eigenvalue weighted by Gasteiger charge is 2.41. The summed E-state index contributed by atoms with van der Waals surface area (Å²) in [4.78, 5) is 12.6. The number of allylic oxidation sites excluding steroid dienone is 4. The summed E-state index contributed by atoms with van der Waals surface area (Å²) in [6.45, 7) is 7.07. The van der Waals surface area contributed by atoms with Crippen molar-refractivity contribution in [2.45, 2.75) is 101 Å². The Balaban J connectivity index is 1.55. The lowest BCUT2D eigenvalue weighted by Gasteiger charge is -2.38. The molecule has 2 unspecified atom stereocenters. The van der Waals surface area contributed by atoms with Gasteiger partial charge >= 0.3 is 0 Å². The van der Waals surface area contributed by atoms with Gasteiger partial charge in [-0.1, -0.05) is 56.5 Å². The van der Waals surface area contributed by atoms with Crippen molar-refractivity contribution in [1.29, 1.82) is 0 Å². The van der Waals surface area contributed by atoms with E-state index in [2.05, 4.69) is 13.0 Å². The van der Waals surface area contributed by atoms with Crippen molar-refractivity contribution in [3.05, 3.63) is 54.1 Å². The van der Waals surface area contributed by atoms with Crippen LogP contribution in [0.1, 0.15) is 91.0 Å². The fourth-order valence-corrected chi connectivity index (χ4v) is 7.69. The number of ketones is 1. The van der Waals surface area contributed by atoms with Crippen molar-refractivity contribution < 1.29 is 22.0 Å². The first-order valence-corrected chi connectivity index (χ1v) is 15.0. The van der Waals surface area contributed by atoms with Crippen molar-refractivity contribution in [1.82, 2.24) is 0 Å². The Morgan fingerprint density at radius 2 is 1.83 bits per heavy atom. The van der Waals surface area contributed by atoms with Gasteiger partial charge in [-0.25, -0.2) is 8.42 Å². The van der Waals surface area contributed by atoms with E-state index in [0.717, 1.165) is 44.2 Å². The Morgan fingerprint density at radius 3 is 2.50 bits per heavy atom. The van der Waals surface area contributed by atoms with Gasteiger partial charge < -0.3 is 0 Å². The van der Waals surface area contributed by atoms with Gasteiger partial charge in [-0.3, -0.25) is 4.79 Å². The maximum atomic E-state index is 14.3. The molecule has 36 heavy (non-hydrogen) atoms. The van der Waals surface area contributed by atoms with Crippen LogP contribution in [-0.2, 0) is 20.6 Å². The molecule has 1 aromatic rings.